The highest BCUT2D eigenvalue weighted by Crippen LogP contribution is 2.67. The summed E-state index contributed by atoms with van der Waals surface area (Å²) in [7, 11) is 0. The van der Waals surface area contributed by atoms with Crippen molar-refractivity contribution in [1.82, 2.24) is 0 Å². The van der Waals surface area contributed by atoms with Crippen LogP contribution in [0, 0.1) is 58.2 Å². The zero-order chi connectivity index (χ0) is 22.6. The molecule has 4 aliphatic carbocycles. The quantitative estimate of drug-likeness (QED) is 0.439. The molecule has 0 aromatic carbocycles. The van der Waals surface area contributed by atoms with Crippen LogP contribution >= 0.6 is 0 Å². The van der Waals surface area contributed by atoms with Gasteiger partial charge in [-0.2, -0.15) is 0 Å². The maximum Gasteiger partial charge on any atom is 0.137 e. The molecule has 0 radical (unpaired) electrons. The number of hydrogen-bond donors (Lipinski definition) is 0. The van der Waals surface area contributed by atoms with Gasteiger partial charge in [0.1, 0.15) is 11.6 Å². The first kappa shape index (κ1) is 23.5. The third kappa shape index (κ3) is 3.86. The van der Waals surface area contributed by atoms with Crippen molar-refractivity contribution >= 4 is 11.6 Å². The molecule has 0 saturated heterocycles. The summed E-state index contributed by atoms with van der Waals surface area (Å²) in [6.45, 7) is 14.7. The molecule has 0 N–H and O–H groups in total. The minimum absolute atomic E-state index is 0.0255. The fourth-order valence-corrected chi connectivity index (χ4v) is 9.50. The standard InChI is InChI=1S/C29H48O2/c1-7-20(18(2)3)9-8-19(4)23-10-11-24-22-17-27(31)26-16-21(30)12-14-29(26,6)25(22)13-15-28(23,24)5/h18-20,22-26H,7-17H2,1-6H3/t19-,20-,22-,23-,24-,25-,26-,28-,29-/m1/s1. The number of ketones is 2. The van der Waals surface area contributed by atoms with E-state index in [4.69, 9.17) is 0 Å². The van der Waals surface area contributed by atoms with Crippen LogP contribution in [0.1, 0.15) is 112 Å². The van der Waals surface area contributed by atoms with Gasteiger partial charge in [0.05, 0.1) is 0 Å². The monoisotopic (exact) mass is 428 g/mol. The van der Waals surface area contributed by atoms with E-state index in [1.165, 1.54) is 44.9 Å². The Labute approximate surface area is 191 Å². The highest BCUT2D eigenvalue weighted by molar-refractivity contribution is 5.90. The van der Waals surface area contributed by atoms with Crippen molar-refractivity contribution in [2.45, 2.75) is 112 Å². The van der Waals surface area contributed by atoms with E-state index in [0.29, 0.717) is 41.7 Å². The second kappa shape index (κ2) is 8.60. The van der Waals surface area contributed by atoms with Gasteiger partial charge in [0.25, 0.3) is 0 Å². The smallest absolute Gasteiger partial charge is 0.137 e. The third-order valence-electron chi connectivity index (χ3n) is 11.5. The number of Topliss-reactive ketones (excluding diaryl/α,β-unsaturated/α-hetero) is 2. The summed E-state index contributed by atoms with van der Waals surface area (Å²) >= 11 is 0. The van der Waals surface area contributed by atoms with Gasteiger partial charge in [-0.15, -0.1) is 0 Å². The van der Waals surface area contributed by atoms with Gasteiger partial charge in [0.15, 0.2) is 0 Å². The van der Waals surface area contributed by atoms with E-state index >= 15 is 0 Å². The lowest BCUT2D eigenvalue weighted by Gasteiger charge is -2.59. The van der Waals surface area contributed by atoms with E-state index in [9.17, 15) is 9.59 Å². The number of fused-ring (bicyclic) bond motifs is 5. The largest absolute Gasteiger partial charge is 0.300 e. The lowest BCUT2D eigenvalue weighted by molar-refractivity contribution is -0.159. The van der Waals surface area contributed by atoms with Gasteiger partial charge in [-0.3, -0.25) is 9.59 Å². The molecule has 4 aliphatic rings. The van der Waals surface area contributed by atoms with Crippen molar-refractivity contribution in [3.05, 3.63) is 0 Å². The predicted molar refractivity (Wildman–Crippen MR) is 128 cm³/mol. The molecule has 4 saturated carbocycles. The van der Waals surface area contributed by atoms with Crippen LogP contribution in [-0.4, -0.2) is 11.6 Å². The molecule has 0 aromatic rings. The maximum atomic E-state index is 13.3. The third-order valence-corrected chi connectivity index (χ3v) is 11.5. The molecule has 31 heavy (non-hydrogen) atoms. The Kier molecular flexibility index (Phi) is 6.52. The lowest BCUT2D eigenvalue weighted by Crippen LogP contribution is -2.56. The van der Waals surface area contributed by atoms with Crippen LogP contribution in [-0.2, 0) is 9.59 Å². The Balaban J connectivity index is 1.49. The van der Waals surface area contributed by atoms with Crippen LogP contribution in [0.15, 0.2) is 0 Å². The molecule has 4 fully saturated rings. The Morgan fingerprint density at radius 1 is 0.903 bits per heavy atom. The van der Waals surface area contributed by atoms with Crippen LogP contribution in [0.3, 0.4) is 0 Å². The summed E-state index contributed by atoms with van der Waals surface area (Å²) in [5.41, 5.74) is 0.513. The molecule has 0 aliphatic heterocycles. The first-order valence-electron chi connectivity index (χ1n) is 13.7. The summed E-state index contributed by atoms with van der Waals surface area (Å²) in [6.07, 6.45) is 12.4. The summed E-state index contributed by atoms with van der Waals surface area (Å²) in [5, 5.41) is 0. The van der Waals surface area contributed by atoms with Gasteiger partial charge in [-0.05, 0) is 90.8 Å². The van der Waals surface area contributed by atoms with Crippen molar-refractivity contribution in [2.24, 2.45) is 58.2 Å². The van der Waals surface area contributed by atoms with Gasteiger partial charge in [-0.1, -0.05) is 54.4 Å². The summed E-state index contributed by atoms with van der Waals surface area (Å²) in [4.78, 5) is 25.4. The van der Waals surface area contributed by atoms with E-state index < -0.39 is 0 Å². The van der Waals surface area contributed by atoms with Crippen LogP contribution in [0.25, 0.3) is 0 Å². The minimum Gasteiger partial charge on any atom is -0.300 e. The molecule has 0 heterocycles. The number of rotatable bonds is 6. The first-order chi connectivity index (χ1) is 14.6. The first-order valence-corrected chi connectivity index (χ1v) is 13.7. The highest BCUT2D eigenvalue weighted by Gasteiger charge is 2.62. The second-order valence-electron chi connectivity index (χ2n) is 13.0. The molecule has 0 bridgehead atoms. The molecule has 9 atom stereocenters. The molecule has 0 aromatic heterocycles. The SMILES string of the molecule is CC[C@H](CC[C@@H](C)[C@H]1CC[C@@H]2[C@H]3CC(=O)[C@H]4CC(=O)CC[C@]4(C)[C@@H]3CC[C@@]21C)C(C)C. The Hall–Kier alpha value is -0.660. The van der Waals surface area contributed by atoms with Crippen LogP contribution in [0.2, 0.25) is 0 Å². The maximum absolute atomic E-state index is 13.3. The molecule has 0 spiro atoms. The summed E-state index contributed by atoms with van der Waals surface area (Å²) < 4.78 is 0. The zero-order valence-electron chi connectivity index (χ0n) is 21.2. The minimum atomic E-state index is 0.0255. The highest BCUT2D eigenvalue weighted by atomic mass is 16.1. The van der Waals surface area contributed by atoms with E-state index in [0.717, 1.165) is 42.4 Å². The van der Waals surface area contributed by atoms with E-state index in [1.807, 2.05) is 0 Å². The van der Waals surface area contributed by atoms with E-state index in [1.54, 1.807) is 0 Å². The van der Waals surface area contributed by atoms with Gasteiger partial charge in [0.2, 0.25) is 0 Å². The van der Waals surface area contributed by atoms with Crippen LogP contribution in [0.5, 0.6) is 0 Å². The lowest BCUT2D eigenvalue weighted by atomic mass is 9.44. The van der Waals surface area contributed by atoms with Crippen molar-refractivity contribution in [1.29, 1.82) is 0 Å². The van der Waals surface area contributed by atoms with Gasteiger partial charge >= 0.3 is 0 Å². The van der Waals surface area contributed by atoms with Crippen LogP contribution < -0.4 is 0 Å². The average molecular weight is 429 g/mol. The predicted octanol–water partition coefficient (Wildman–Crippen LogP) is 7.49. The summed E-state index contributed by atoms with van der Waals surface area (Å²) in [6, 6.07) is 0. The summed E-state index contributed by atoms with van der Waals surface area (Å²) in [5.74, 6) is 6.05. The molecule has 0 unspecified atom stereocenters. The molecular formula is C29H48O2. The van der Waals surface area contributed by atoms with Crippen molar-refractivity contribution in [3.63, 3.8) is 0 Å². The Morgan fingerprint density at radius 2 is 1.61 bits per heavy atom. The van der Waals surface area contributed by atoms with Gasteiger partial charge in [-0.25, -0.2) is 0 Å². The Bertz CT molecular complexity index is 695. The van der Waals surface area contributed by atoms with Crippen LogP contribution in [0.4, 0.5) is 0 Å². The molecule has 4 rings (SSSR count). The zero-order valence-corrected chi connectivity index (χ0v) is 21.2. The fraction of sp³-hybridized carbons (Fsp3) is 0.931. The molecule has 2 nitrogen and oxygen atoms in total. The number of hydrogen-bond acceptors (Lipinski definition) is 2. The van der Waals surface area contributed by atoms with E-state index in [-0.39, 0.29) is 11.3 Å². The number of carbonyl (C=O) groups is 2. The second-order valence-corrected chi connectivity index (χ2v) is 13.0. The normalized spacial score (nSPS) is 44.5. The van der Waals surface area contributed by atoms with E-state index in [2.05, 4.69) is 41.5 Å². The van der Waals surface area contributed by atoms with Crippen molar-refractivity contribution in [2.75, 3.05) is 0 Å². The Morgan fingerprint density at radius 3 is 2.29 bits per heavy atom. The van der Waals surface area contributed by atoms with Crippen molar-refractivity contribution in [3.8, 4) is 0 Å². The molecule has 0 amide bonds. The molecule has 176 valence electrons. The molecule has 2 heteroatoms. The topological polar surface area (TPSA) is 34.1 Å². The molecular weight excluding hydrogens is 380 g/mol. The average Bonchev–Trinajstić information content (AvgIpc) is 3.07. The van der Waals surface area contributed by atoms with Crippen molar-refractivity contribution < 1.29 is 9.59 Å². The van der Waals surface area contributed by atoms with Gasteiger partial charge < -0.3 is 0 Å². The van der Waals surface area contributed by atoms with Gasteiger partial charge in [0, 0.05) is 25.2 Å². The fourth-order valence-electron chi connectivity index (χ4n) is 9.50. The number of carbonyl (C=O) groups excluding carboxylic acids is 2.